The van der Waals surface area contributed by atoms with Gasteiger partial charge in [0.2, 0.25) is 5.91 Å². The van der Waals surface area contributed by atoms with Gasteiger partial charge < -0.3 is 19.7 Å². The van der Waals surface area contributed by atoms with E-state index in [4.69, 9.17) is 33.3 Å². The van der Waals surface area contributed by atoms with Gasteiger partial charge in [-0.3, -0.25) is 14.5 Å². The van der Waals surface area contributed by atoms with E-state index in [2.05, 4.69) is 5.32 Å². The van der Waals surface area contributed by atoms with E-state index >= 15 is 0 Å². The fraction of sp³-hybridized carbons (Fsp3) is 0.222. The molecule has 3 aromatic carbocycles. The number of ether oxygens (including phenoxy) is 2. The summed E-state index contributed by atoms with van der Waals surface area (Å²) in [6, 6.07) is 20.7. The van der Waals surface area contributed by atoms with Crippen LogP contribution in [0.15, 0.2) is 72.8 Å². The van der Waals surface area contributed by atoms with Crippen LogP contribution in [-0.2, 0) is 16.1 Å². The minimum Gasteiger partial charge on any atom is -0.497 e. The summed E-state index contributed by atoms with van der Waals surface area (Å²) in [7, 11) is 1.57. The molecule has 0 unspecified atom stereocenters. The van der Waals surface area contributed by atoms with Gasteiger partial charge >= 0.3 is 0 Å². The molecule has 1 aliphatic heterocycles. The number of carbonyl (C=O) groups is 2. The van der Waals surface area contributed by atoms with Crippen molar-refractivity contribution >= 4 is 52.1 Å². The molecule has 9 heteroatoms. The van der Waals surface area contributed by atoms with Crippen molar-refractivity contribution < 1.29 is 19.1 Å². The summed E-state index contributed by atoms with van der Waals surface area (Å²) >= 11 is 12.1. The van der Waals surface area contributed by atoms with Crippen molar-refractivity contribution in [2.75, 3.05) is 23.9 Å². The second-order valence-electron chi connectivity index (χ2n) is 8.10. The number of hydrogen-bond donors (Lipinski definition) is 1. The number of methoxy groups -OCH3 is 1. The van der Waals surface area contributed by atoms with Gasteiger partial charge in [0.1, 0.15) is 17.5 Å². The van der Waals surface area contributed by atoms with Gasteiger partial charge in [-0.1, -0.05) is 35.9 Å². The molecule has 2 amide bonds. The first-order chi connectivity index (χ1) is 17.4. The van der Waals surface area contributed by atoms with Crippen molar-refractivity contribution in [1.82, 2.24) is 4.90 Å². The summed E-state index contributed by atoms with van der Waals surface area (Å²) < 4.78 is 10.7. The van der Waals surface area contributed by atoms with Crippen molar-refractivity contribution in [3.05, 3.63) is 83.4 Å². The number of nitrogens with one attached hydrogen (secondary N) is 1. The minimum absolute atomic E-state index is 0.0884. The fourth-order valence-electron chi connectivity index (χ4n) is 4.01. The Morgan fingerprint density at radius 1 is 1.06 bits per heavy atom. The second-order valence-corrected chi connectivity index (χ2v) is 8.87. The average Bonchev–Trinajstić information content (AvgIpc) is 3.09. The number of thiocarbonyl (C=S) groups is 1. The zero-order chi connectivity index (χ0) is 25.7. The first-order valence-corrected chi connectivity index (χ1v) is 12.2. The normalized spacial score (nSPS) is 15.2. The molecule has 3 aromatic rings. The Morgan fingerprint density at radius 3 is 2.50 bits per heavy atom. The van der Waals surface area contributed by atoms with Crippen LogP contribution in [-0.4, -0.2) is 41.6 Å². The lowest BCUT2D eigenvalue weighted by Crippen LogP contribution is -2.37. The van der Waals surface area contributed by atoms with Crippen LogP contribution in [0, 0.1) is 0 Å². The Morgan fingerprint density at radius 2 is 1.81 bits per heavy atom. The van der Waals surface area contributed by atoms with E-state index in [0.29, 0.717) is 39.6 Å². The molecule has 1 saturated heterocycles. The van der Waals surface area contributed by atoms with Crippen molar-refractivity contribution in [1.29, 1.82) is 0 Å². The molecule has 7 nitrogen and oxygen atoms in total. The van der Waals surface area contributed by atoms with Crippen LogP contribution >= 0.6 is 23.8 Å². The number of amides is 2. The summed E-state index contributed by atoms with van der Waals surface area (Å²) in [5.41, 5.74) is 1.99. The van der Waals surface area contributed by atoms with Crippen molar-refractivity contribution in [3.63, 3.8) is 0 Å². The lowest BCUT2D eigenvalue weighted by Gasteiger charge is -2.24. The summed E-state index contributed by atoms with van der Waals surface area (Å²) in [6.45, 7) is 2.69. The van der Waals surface area contributed by atoms with Crippen LogP contribution in [0.2, 0.25) is 5.02 Å². The Bertz CT molecular complexity index is 1270. The molecule has 1 aliphatic rings. The standard InChI is InChI=1S/C27H26ClN3O4S/c1-3-35-22-9-6-8-19(15-22)29-25(32)16-24-26(33)31(20-11-13-21(34-2)14-12-20)27(36)30(24)17-18-7-4-5-10-23(18)28/h4-15,24H,3,16-17H2,1-2H3,(H,29,32)/t24-/m0/s1. The highest BCUT2D eigenvalue weighted by atomic mass is 35.5. The number of rotatable bonds is 9. The van der Waals surface area contributed by atoms with Crippen molar-refractivity contribution in [2.24, 2.45) is 0 Å². The van der Waals surface area contributed by atoms with Crippen LogP contribution < -0.4 is 19.7 Å². The molecule has 1 atom stereocenters. The molecular weight excluding hydrogens is 498 g/mol. The number of halogens is 1. The van der Waals surface area contributed by atoms with Crippen LogP contribution in [0.4, 0.5) is 11.4 Å². The highest BCUT2D eigenvalue weighted by Gasteiger charge is 2.44. The predicted molar refractivity (Wildman–Crippen MR) is 145 cm³/mol. The lowest BCUT2D eigenvalue weighted by atomic mass is 10.1. The van der Waals surface area contributed by atoms with E-state index in [1.54, 1.807) is 60.5 Å². The zero-order valence-electron chi connectivity index (χ0n) is 19.9. The fourth-order valence-corrected chi connectivity index (χ4v) is 4.59. The highest BCUT2D eigenvalue weighted by Crippen LogP contribution is 2.31. The molecule has 36 heavy (non-hydrogen) atoms. The van der Waals surface area contributed by atoms with Crippen LogP contribution in [0.1, 0.15) is 18.9 Å². The Labute approximate surface area is 220 Å². The quantitative estimate of drug-likeness (QED) is 0.385. The number of carbonyl (C=O) groups excluding carboxylic acids is 2. The Hall–Kier alpha value is -3.62. The Kier molecular flexibility index (Phi) is 8.07. The van der Waals surface area contributed by atoms with Gasteiger partial charge in [0.25, 0.3) is 5.91 Å². The molecule has 0 saturated carbocycles. The van der Waals surface area contributed by atoms with E-state index in [1.165, 1.54) is 4.90 Å². The topological polar surface area (TPSA) is 71.1 Å². The number of benzene rings is 3. The van der Waals surface area contributed by atoms with E-state index in [9.17, 15) is 9.59 Å². The largest absolute Gasteiger partial charge is 0.497 e. The second kappa shape index (κ2) is 11.4. The zero-order valence-corrected chi connectivity index (χ0v) is 21.5. The van der Waals surface area contributed by atoms with E-state index in [0.717, 1.165) is 5.56 Å². The maximum atomic E-state index is 13.6. The lowest BCUT2D eigenvalue weighted by molar-refractivity contribution is -0.124. The van der Waals surface area contributed by atoms with Gasteiger partial charge in [0.15, 0.2) is 5.11 Å². The highest BCUT2D eigenvalue weighted by molar-refractivity contribution is 7.80. The molecular formula is C27H26ClN3O4S. The summed E-state index contributed by atoms with van der Waals surface area (Å²) in [5, 5.41) is 3.73. The average molecular weight is 524 g/mol. The molecule has 1 N–H and O–H groups in total. The van der Waals surface area contributed by atoms with Gasteiger partial charge in [-0.15, -0.1) is 0 Å². The molecule has 186 valence electrons. The number of hydrogen-bond acceptors (Lipinski definition) is 5. The first-order valence-electron chi connectivity index (χ1n) is 11.5. The summed E-state index contributed by atoms with van der Waals surface area (Å²) in [4.78, 5) is 29.9. The molecule has 0 aliphatic carbocycles. The van der Waals surface area contributed by atoms with Crippen molar-refractivity contribution in [2.45, 2.75) is 25.9 Å². The molecule has 0 spiro atoms. The predicted octanol–water partition coefficient (Wildman–Crippen LogP) is 5.28. The minimum atomic E-state index is -0.800. The van der Waals surface area contributed by atoms with Gasteiger partial charge in [0, 0.05) is 23.3 Å². The Balaban J connectivity index is 1.59. The van der Waals surface area contributed by atoms with E-state index in [-0.39, 0.29) is 24.8 Å². The third kappa shape index (κ3) is 5.61. The maximum Gasteiger partial charge on any atom is 0.256 e. The SMILES string of the molecule is CCOc1cccc(NC(=O)C[C@H]2C(=O)N(c3ccc(OC)cc3)C(=S)N2Cc2ccccc2Cl)c1. The molecule has 1 heterocycles. The smallest absolute Gasteiger partial charge is 0.256 e. The summed E-state index contributed by atoms with van der Waals surface area (Å²) in [6.07, 6.45) is -0.0884. The third-order valence-electron chi connectivity index (χ3n) is 5.76. The summed E-state index contributed by atoms with van der Waals surface area (Å²) in [5.74, 6) is 0.717. The number of anilines is 2. The monoisotopic (exact) mass is 523 g/mol. The van der Waals surface area contributed by atoms with Crippen molar-refractivity contribution in [3.8, 4) is 11.5 Å². The third-order valence-corrected chi connectivity index (χ3v) is 6.54. The molecule has 0 bridgehead atoms. The molecule has 0 radical (unpaired) electrons. The van der Waals surface area contributed by atoms with Gasteiger partial charge in [0.05, 0.1) is 25.8 Å². The van der Waals surface area contributed by atoms with Crippen LogP contribution in [0.25, 0.3) is 0 Å². The maximum absolute atomic E-state index is 13.6. The molecule has 1 fully saturated rings. The number of nitrogens with zero attached hydrogens (tertiary/aromatic N) is 2. The van der Waals surface area contributed by atoms with E-state index < -0.39 is 6.04 Å². The van der Waals surface area contributed by atoms with Crippen LogP contribution in [0.5, 0.6) is 11.5 Å². The first kappa shape index (κ1) is 25.5. The van der Waals surface area contributed by atoms with Crippen LogP contribution in [0.3, 0.4) is 0 Å². The molecule has 0 aromatic heterocycles. The van der Waals surface area contributed by atoms with Gasteiger partial charge in [-0.05, 0) is 67.2 Å². The van der Waals surface area contributed by atoms with E-state index in [1.807, 2.05) is 31.2 Å². The van der Waals surface area contributed by atoms with Gasteiger partial charge in [-0.2, -0.15) is 0 Å². The van der Waals surface area contributed by atoms with Gasteiger partial charge in [-0.25, -0.2) is 0 Å². The molecule has 4 rings (SSSR count).